The molecule has 0 bridgehead atoms. The fourth-order valence-electron chi connectivity index (χ4n) is 1.66. The van der Waals surface area contributed by atoms with Gasteiger partial charge in [-0.05, 0) is 38.3 Å². The molecule has 0 radical (unpaired) electrons. The molecule has 0 fully saturated rings. The van der Waals surface area contributed by atoms with Crippen molar-refractivity contribution in [1.82, 2.24) is 4.90 Å². The third-order valence-electron chi connectivity index (χ3n) is 2.69. The Morgan fingerprint density at radius 2 is 2.00 bits per heavy atom. The molecule has 0 spiro atoms. The number of amides is 1. The van der Waals surface area contributed by atoms with Crippen LogP contribution in [0.25, 0.3) is 0 Å². The molecular weight excluding hydrogens is 234 g/mol. The SMILES string of the molecule is CCN(CC)C(=O)c1ccc(OC)cc1SC. The van der Waals surface area contributed by atoms with Crippen LogP contribution in [-0.4, -0.2) is 37.3 Å². The van der Waals surface area contributed by atoms with Gasteiger partial charge in [0.25, 0.3) is 5.91 Å². The summed E-state index contributed by atoms with van der Waals surface area (Å²) in [5, 5.41) is 0. The fraction of sp³-hybridized carbons (Fsp3) is 0.462. The number of benzene rings is 1. The maximum absolute atomic E-state index is 12.3. The second-order valence-electron chi connectivity index (χ2n) is 3.54. The molecule has 0 saturated carbocycles. The Hall–Kier alpha value is -1.16. The number of ether oxygens (including phenoxy) is 1. The predicted octanol–water partition coefficient (Wildman–Crippen LogP) is 2.90. The Morgan fingerprint density at radius 3 is 2.47 bits per heavy atom. The van der Waals surface area contributed by atoms with Crippen LogP contribution < -0.4 is 4.74 Å². The van der Waals surface area contributed by atoms with Crippen molar-refractivity contribution in [2.45, 2.75) is 18.7 Å². The van der Waals surface area contributed by atoms with Gasteiger partial charge in [0, 0.05) is 18.0 Å². The molecule has 1 rings (SSSR count). The number of carbonyl (C=O) groups excluding carboxylic acids is 1. The van der Waals surface area contributed by atoms with E-state index in [2.05, 4.69) is 0 Å². The lowest BCUT2D eigenvalue weighted by Gasteiger charge is -2.20. The molecule has 17 heavy (non-hydrogen) atoms. The van der Waals surface area contributed by atoms with Gasteiger partial charge in [0.05, 0.1) is 12.7 Å². The number of nitrogens with zero attached hydrogens (tertiary/aromatic N) is 1. The van der Waals surface area contributed by atoms with Crippen LogP contribution >= 0.6 is 11.8 Å². The van der Waals surface area contributed by atoms with Crippen LogP contribution in [0.3, 0.4) is 0 Å². The van der Waals surface area contributed by atoms with Gasteiger partial charge < -0.3 is 9.64 Å². The Kier molecular flexibility index (Phi) is 5.35. The molecule has 0 saturated heterocycles. The zero-order chi connectivity index (χ0) is 12.8. The van der Waals surface area contributed by atoms with Crippen LogP contribution in [0.2, 0.25) is 0 Å². The van der Waals surface area contributed by atoms with E-state index < -0.39 is 0 Å². The second kappa shape index (κ2) is 6.55. The highest BCUT2D eigenvalue weighted by Crippen LogP contribution is 2.26. The molecule has 0 aliphatic carbocycles. The van der Waals surface area contributed by atoms with Crippen molar-refractivity contribution in [3.8, 4) is 5.75 Å². The van der Waals surface area contributed by atoms with Crippen LogP contribution in [0.1, 0.15) is 24.2 Å². The number of carbonyl (C=O) groups is 1. The minimum absolute atomic E-state index is 0.0852. The summed E-state index contributed by atoms with van der Waals surface area (Å²) in [6, 6.07) is 5.57. The van der Waals surface area contributed by atoms with E-state index in [1.165, 1.54) is 0 Å². The van der Waals surface area contributed by atoms with Crippen LogP contribution in [0, 0.1) is 0 Å². The molecule has 1 amide bonds. The molecule has 0 aromatic heterocycles. The summed E-state index contributed by atoms with van der Waals surface area (Å²) < 4.78 is 5.17. The van der Waals surface area contributed by atoms with Gasteiger partial charge in [0.1, 0.15) is 5.75 Å². The number of thioether (sulfide) groups is 1. The van der Waals surface area contributed by atoms with E-state index in [0.29, 0.717) is 0 Å². The first-order valence-corrected chi connectivity index (χ1v) is 6.91. The Balaban J connectivity index is 3.08. The summed E-state index contributed by atoms with van der Waals surface area (Å²) in [6.07, 6.45) is 1.97. The largest absolute Gasteiger partial charge is 0.497 e. The van der Waals surface area contributed by atoms with Crippen molar-refractivity contribution in [2.24, 2.45) is 0 Å². The van der Waals surface area contributed by atoms with Crippen LogP contribution in [0.5, 0.6) is 5.75 Å². The average Bonchev–Trinajstić information content (AvgIpc) is 2.39. The van der Waals surface area contributed by atoms with Crippen LogP contribution in [0.15, 0.2) is 23.1 Å². The maximum Gasteiger partial charge on any atom is 0.254 e. The van der Waals surface area contributed by atoms with Gasteiger partial charge in [-0.15, -0.1) is 11.8 Å². The minimum Gasteiger partial charge on any atom is -0.497 e. The molecule has 0 aliphatic heterocycles. The first-order valence-electron chi connectivity index (χ1n) is 5.69. The molecule has 94 valence electrons. The summed E-state index contributed by atoms with van der Waals surface area (Å²) in [4.78, 5) is 15.0. The molecule has 1 aromatic carbocycles. The number of methoxy groups -OCH3 is 1. The lowest BCUT2D eigenvalue weighted by Crippen LogP contribution is -2.30. The molecule has 0 heterocycles. The summed E-state index contributed by atoms with van der Waals surface area (Å²) in [6.45, 7) is 5.44. The highest BCUT2D eigenvalue weighted by atomic mass is 32.2. The van der Waals surface area contributed by atoms with E-state index in [1.54, 1.807) is 18.9 Å². The van der Waals surface area contributed by atoms with E-state index in [1.807, 2.05) is 43.2 Å². The van der Waals surface area contributed by atoms with Crippen molar-refractivity contribution >= 4 is 17.7 Å². The summed E-state index contributed by atoms with van der Waals surface area (Å²) >= 11 is 1.56. The number of hydrogen-bond acceptors (Lipinski definition) is 3. The van der Waals surface area contributed by atoms with E-state index in [9.17, 15) is 4.79 Å². The molecule has 0 atom stereocenters. The normalized spacial score (nSPS) is 10.1. The molecule has 0 N–H and O–H groups in total. The highest BCUT2D eigenvalue weighted by molar-refractivity contribution is 7.98. The smallest absolute Gasteiger partial charge is 0.254 e. The van der Waals surface area contributed by atoms with Crippen LogP contribution in [0.4, 0.5) is 0 Å². The number of rotatable bonds is 5. The van der Waals surface area contributed by atoms with Gasteiger partial charge in [-0.25, -0.2) is 0 Å². The number of hydrogen-bond donors (Lipinski definition) is 0. The molecular formula is C13H19NO2S. The minimum atomic E-state index is 0.0852. The van der Waals surface area contributed by atoms with E-state index in [-0.39, 0.29) is 5.91 Å². The molecule has 4 heteroatoms. The van der Waals surface area contributed by atoms with Crippen LogP contribution in [-0.2, 0) is 0 Å². The van der Waals surface area contributed by atoms with Gasteiger partial charge in [-0.2, -0.15) is 0 Å². The predicted molar refractivity (Wildman–Crippen MR) is 72.0 cm³/mol. The standard InChI is InChI=1S/C13H19NO2S/c1-5-14(6-2)13(15)11-8-7-10(16-3)9-12(11)17-4/h7-9H,5-6H2,1-4H3. The molecule has 0 unspecified atom stereocenters. The Morgan fingerprint density at radius 1 is 1.35 bits per heavy atom. The summed E-state index contributed by atoms with van der Waals surface area (Å²) in [7, 11) is 1.63. The monoisotopic (exact) mass is 253 g/mol. The van der Waals surface area contributed by atoms with Gasteiger partial charge >= 0.3 is 0 Å². The maximum atomic E-state index is 12.3. The molecule has 0 aliphatic rings. The average molecular weight is 253 g/mol. The van der Waals surface area contributed by atoms with E-state index in [4.69, 9.17) is 4.74 Å². The van der Waals surface area contributed by atoms with Crippen molar-refractivity contribution in [1.29, 1.82) is 0 Å². The lowest BCUT2D eigenvalue weighted by molar-refractivity contribution is 0.0769. The van der Waals surface area contributed by atoms with Crippen molar-refractivity contribution in [3.05, 3.63) is 23.8 Å². The Bertz CT molecular complexity index is 389. The van der Waals surface area contributed by atoms with E-state index >= 15 is 0 Å². The quantitative estimate of drug-likeness (QED) is 0.756. The van der Waals surface area contributed by atoms with Crippen molar-refractivity contribution < 1.29 is 9.53 Å². The fourth-order valence-corrected chi connectivity index (χ4v) is 2.27. The van der Waals surface area contributed by atoms with Crippen molar-refractivity contribution in [2.75, 3.05) is 26.5 Å². The second-order valence-corrected chi connectivity index (χ2v) is 4.39. The summed E-state index contributed by atoms with van der Waals surface area (Å²) in [5.74, 6) is 0.868. The Labute approximate surface area is 107 Å². The van der Waals surface area contributed by atoms with Gasteiger partial charge in [0.2, 0.25) is 0 Å². The topological polar surface area (TPSA) is 29.5 Å². The van der Waals surface area contributed by atoms with Gasteiger partial charge in [-0.1, -0.05) is 0 Å². The highest BCUT2D eigenvalue weighted by Gasteiger charge is 2.16. The lowest BCUT2D eigenvalue weighted by atomic mass is 10.2. The first-order chi connectivity index (χ1) is 8.17. The third kappa shape index (κ3) is 3.16. The molecule has 1 aromatic rings. The van der Waals surface area contributed by atoms with Gasteiger partial charge in [-0.3, -0.25) is 4.79 Å². The molecule has 3 nitrogen and oxygen atoms in total. The zero-order valence-electron chi connectivity index (χ0n) is 10.8. The van der Waals surface area contributed by atoms with Crippen molar-refractivity contribution in [3.63, 3.8) is 0 Å². The zero-order valence-corrected chi connectivity index (χ0v) is 11.6. The third-order valence-corrected chi connectivity index (χ3v) is 3.47. The summed E-state index contributed by atoms with van der Waals surface area (Å²) in [5.41, 5.74) is 0.752. The van der Waals surface area contributed by atoms with E-state index in [0.717, 1.165) is 29.3 Å². The van der Waals surface area contributed by atoms with Gasteiger partial charge in [0.15, 0.2) is 0 Å². The first kappa shape index (κ1) is 13.9.